The first-order valence-electron chi connectivity index (χ1n) is 4.47. The molecule has 1 fully saturated rings. The molecule has 1 aliphatic rings. The van der Waals surface area contributed by atoms with Crippen molar-refractivity contribution < 1.29 is 14.6 Å². The van der Waals surface area contributed by atoms with Crippen LogP contribution in [-0.4, -0.2) is 29.7 Å². The van der Waals surface area contributed by atoms with E-state index in [-0.39, 0.29) is 0 Å². The molecule has 3 heteroatoms. The third kappa shape index (κ3) is 2.29. The number of hydrogen-bond donors (Lipinski definition) is 1. The van der Waals surface area contributed by atoms with Crippen molar-refractivity contribution in [3.8, 4) is 0 Å². The zero-order chi connectivity index (χ0) is 9.03. The van der Waals surface area contributed by atoms with Crippen molar-refractivity contribution in [2.75, 3.05) is 6.61 Å². The highest BCUT2D eigenvalue weighted by Gasteiger charge is 2.33. The Bertz CT molecular complexity index is 148. The Morgan fingerprint density at radius 1 is 1.67 bits per heavy atom. The van der Waals surface area contributed by atoms with Crippen LogP contribution in [0.2, 0.25) is 0 Å². The lowest BCUT2D eigenvalue weighted by atomic mass is 9.90. The predicted molar refractivity (Wildman–Crippen MR) is 44.9 cm³/mol. The summed E-state index contributed by atoms with van der Waals surface area (Å²) in [6, 6.07) is 0. The summed E-state index contributed by atoms with van der Waals surface area (Å²) in [6.45, 7) is 2.33. The van der Waals surface area contributed by atoms with Gasteiger partial charge in [0.2, 0.25) is 0 Å². The molecule has 0 aromatic heterocycles. The van der Waals surface area contributed by atoms with Crippen molar-refractivity contribution in [1.29, 1.82) is 0 Å². The van der Waals surface area contributed by atoms with E-state index in [4.69, 9.17) is 9.84 Å². The van der Waals surface area contributed by atoms with Gasteiger partial charge in [0.05, 0.1) is 6.10 Å². The van der Waals surface area contributed by atoms with Gasteiger partial charge < -0.3 is 14.6 Å². The molecule has 70 valence electrons. The summed E-state index contributed by atoms with van der Waals surface area (Å²) in [7, 11) is 0. The van der Waals surface area contributed by atoms with E-state index in [0.717, 1.165) is 25.5 Å². The molecule has 0 aliphatic carbocycles. The van der Waals surface area contributed by atoms with Crippen LogP contribution < -0.4 is 0 Å². The van der Waals surface area contributed by atoms with Gasteiger partial charge in [0.15, 0.2) is 6.29 Å². The summed E-state index contributed by atoms with van der Waals surface area (Å²) in [5.41, 5.74) is -0.688. The Kier molecular flexibility index (Phi) is 3.23. The summed E-state index contributed by atoms with van der Waals surface area (Å²) in [5, 5.41) is 9.16. The van der Waals surface area contributed by atoms with Gasteiger partial charge >= 0.3 is 0 Å². The molecule has 12 heavy (non-hydrogen) atoms. The molecule has 0 aromatic carbocycles. The Morgan fingerprint density at radius 2 is 2.42 bits per heavy atom. The summed E-state index contributed by atoms with van der Waals surface area (Å²) in [5.74, 6) is 0. The number of ether oxygens (including phenoxy) is 1. The first kappa shape index (κ1) is 9.68. The van der Waals surface area contributed by atoms with E-state index in [0.29, 0.717) is 13.0 Å². The van der Waals surface area contributed by atoms with E-state index in [9.17, 15) is 4.79 Å². The number of aldehydes is 1. The van der Waals surface area contributed by atoms with Crippen LogP contribution in [0.4, 0.5) is 0 Å². The fourth-order valence-electron chi connectivity index (χ4n) is 1.68. The fraction of sp³-hybridized carbons (Fsp3) is 0.889. The average Bonchev–Trinajstić information content (AvgIpc) is 2.05. The standard InChI is InChI=1S/C9H16O3/c1-8(11)6-9(7-10)4-2-3-5-12-9/h7-8,11H,2-6H2,1H3. The largest absolute Gasteiger partial charge is 0.393 e. The van der Waals surface area contributed by atoms with Crippen LogP contribution >= 0.6 is 0 Å². The average molecular weight is 172 g/mol. The quantitative estimate of drug-likeness (QED) is 0.643. The fourth-order valence-corrected chi connectivity index (χ4v) is 1.68. The third-order valence-electron chi connectivity index (χ3n) is 2.24. The van der Waals surface area contributed by atoms with Gasteiger partial charge in [-0.05, 0) is 26.2 Å². The van der Waals surface area contributed by atoms with Gasteiger partial charge in [-0.1, -0.05) is 0 Å². The Balaban J connectivity index is 2.53. The number of carbonyl (C=O) groups excluding carboxylic acids is 1. The second kappa shape index (κ2) is 4.01. The number of hydrogen-bond acceptors (Lipinski definition) is 3. The van der Waals surface area contributed by atoms with E-state index in [2.05, 4.69) is 0 Å². The molecule has 1 N–H and O–H groups in total. The van der Waals surface area contributed by atoms with E-state index in [1.54, 1.807) is 6.92 Å². The van der Waals surface area contributed by atoms with Crippen LogP contribution in [0.5, 0.6) is 0 Å². The molecule has 2 unspecified atom stereocenters. The van der Waals surface area contributed by atoms with Crippen LogP contribution in [0.3, 0.4) is 0 Å². The smallest absolute Gasteiger partial charge is 0.151 e. The molecule has 2 atom stereocenters. The Hall–Kier alpha value is -0.410. The van der Waals surface area contributed by atoms with E-state index >= 15 is 0 Å². The highest BCUT2D eigenvalue weighted by Crippen LogP contribution is 2.27. The van der Waals surface area contributed by atoms with Crippen LogP contribution in [0.15, 0.2) is 0 Å². The minimum absolute atomic E-state index is 0.427. The molecule has 1 saturated heterocycles. The van der Waals surface area contributed by atoms with Gasteiger partial charge in [-0.3, -0.25) is 0 Å². The first-order chi connectivity index (χ1) is 5.68. The Morgan fingerprint density at radius 3 is 2.83 bits per heavy atom. The summed E-state index contributed by atoms with van der Waals surface area (Å²) in [4.78, 5) is 10.8. The number of rotatable bonds is 3. The van der Waals surface area contributed by atoms with Gasteiger partial charge in [0, 0.05) is 13.0 Å². The van der Waals surface area contributed by atoms with Crippen molar-refractivity contribution in [3.63, 3.8) is 0 Å². The molecule has 1 aliphatic heterocycles. The molecule has 0 radical (unpaired) electrons. The molecular weight excluding hydrogens is 156 g/mol. The lowest BCUT2D eigenvalue weighted by molar-refractivity contribution is -0.142. The van der Waals surface area contributed by atoms with E-state index in [1.807, 2.05) is 0 Å². The third-order valence-corrected chi connectivity index (χ3v) is 2.24. The highest BCUT2D eigenvalue weighted by molar-refractivity contribution is 5.62. The molecule has 1 rings (SSSR count). The topological polar surface area (TPSA) is 46.5 Å². The predicted octanol–water partition coefficient (Wildman–Crippen LogP) is 0.895. The maximum atomic E-state index is 10.8. The van der Waals surface area contributed by atoms with Crippen LogP contribution in [-0.2, 0) is 9.53 Å². The van der Waals surface area contributed by atoms with Crippen molar-refractivity contribution in [2.45, 2.75) is 44.3 Å². The lowest BCUT2D eigenvalue weighted by Crippen LogP contribution is -2.40. The van der Waals surface area contributed by atoms with Crippen molar-refractivity contribution >= 4 is 6.29 Å². The van der Waals surface area contributed by atoms with Gasteiger partial charge in [-0.2, -0.15) is 0 Å². The molecule has 0 saturated carbocycles. The van der Waals surface area contributed by atoms with E-state index < -0.39 is 11.7 Å². The van der Waals surface area contributed by atoms with Crippen LogP contribution in [0.1, 0.15) is 32.6 Å². The number of aliphatic hydroxyl groups is 1. The zero-order valence-corrected chi connectivity index (χ0v) is 7.45. The number of carbonyl (C=O) groups is 1. The monoisotopic (exact) mass is 172 g/mol. The van der Waals surface area contributed by atoms with Gasteiger partial charge in [0.1, 0.15) is 5.60 Å². The SMILES string of the molecule is CC(O)CC1(C=O)CCCCO1. The molecule has 0 amide bonds. The van der Waals surface area contributed by atoms with E-state index in [1.165, 1.54) is 0 Å². The minimum Gasteiger partial charge on any atom is -0.393 e. The van der Waals surface area contributed by atoms with Crippen LogP contribution in [0.25, 0.3) is 0 Å². The van der Waals surface area contributed by atoms with Gasteiger partial charge in [-0.15, -0.1) is 0 Å². The summed E-state index contributed by atoms with van der Waals surface area (Å²) < 4.78 is 5.40. The maximum absolute atomic E-state index is 10.8. The summed E-state index contributed by atoms with van der Waals surface area (Å²) in [6.07, 6.45) is 3.60. The molecule has 0 spiro atoms. The maximum Gasteiger partial charge on any atom is 0.151 e. The highest BCUT2D eigenvalue weighted by atomic mass is 16.5. The number of aliphatic hydroxyl groups excluding tert-OH is 1. The molecule has 1 heterocycles. The molecular formula is C9H16O3. The lowest BCUT2D eigenvalue weighted by Gasteiger charge is -2.33. The molecule has 0 bridgehead atoms. The van der Waals surface area contributed by atoms with Crippen molar-refractivity contribution in [1.82, 2.24) is 0 Å². The zero-order valence-electron chi connectivity index (χ0n) is 7.45. The Labute approximate surface area is 72.7 Å². The van der Waals surface area contributed by atoms with Crippen molar-refractivity contribution in [3.05, 3.63) is 0 Å². The van der Waals surface area contributed by atoms with Gasteiger partial charge in [-0.25, -0.2) is 0 Å². The summed E-state index contributed by atoms with van der Waals surface area (Å²) >= 11 is 0. The second-order valence-corrected chi connectivity index (χ2v) is 3.54. The minimum atomic E-state index is -0.688. The second-order valence-electron chi connectivity index (χ2n) is 3.54. The molecule has 0 aromatic rings. The van der Waals surface area contributed by atoms with Gasteiger partial charge in [0.25, 0.3) is 0 Å². The van der Waals surface area contributed by atoms with Crippen LogP contribution in [0, 0.1) is 0 Å². The molecule has 3 nitrogen and oxygen atoms in total. The van der Waals surface area contributed by atoms with Crippen molar-refractivity contribution in [2.24, 2.45) is 0 Å². The first-order valence-corrected chi connectivity index (χ1v) is 4.47. The normalized spacial score (nSPS) is 32.8.